The molecule has 2 N–H and O–H groups in total. The van der Waals surface area contributed by atoms with Crippen LogP contribution in [0.3, 0.4) is 0 Å². The number of carbonyl (C=O) groups excluding carboxylic acids is 1. The molecule has 1 heterocycles. The van der Waals surface area contributed by atoms with Crippen LogP contribution in [0, 0.1) is 0 Å². The smallest absolute Gasteiger partial charge is 0.335 e. The third-order valence-corrected chi connectivity index (χ3v) is 8.48. The predicted molar refractivity (Wildman–Crippen MR) is 162 cm³/mol. The van der Waals surface area contributed by atoms with E-state index in [-0.39, 0.29) is 17.5 Å². The molecule has 0 radical (unpaired) electrons. The number of rotatable bonds is 9. The van der Waals surface area contributed by atoms with Crippen LogP contribution in [0.4, 0.5) is 10.8 Å². The van der Waals surface area contributed by atoms with Crippen molar-refractivity contribution in [3.8, 4) is 11.3 Å². The maximum absolute atomic E-state index is 12.8. The average Bonchev–Trinajstić information content (AvgIpc) is 3.47. The van der Waals surface area contributed by atoms with E-state index in [1.54, 1.807) is 23.5 Å². The standard InChI is InChI=1S/C33H35N3O3S/c1-22(2)36(20-23-8-10-28(11-9-23)32(38)39)33-35-30(21-40-33)26-16-18-29(19-17-26)34-31(37)27-14-12-25(13-15-27)24-6-4-3-5-7-24/h8-19,21-22,24H,3-7,20H2,1-2H3,(H,34,37)(H,38,39). The largest absolute Gasteiger partial charge is 0.478 e. The quantitative estimate of drug-likeness (QED) is 0.218. The van der Waals surface area contributed by atoms with Gasteiger partial charge in [-0.1, -0.05) is 55.7 Å². The first-order valence-corrected chi connectivity index (χ1v) is 14.8. The van der Waals surface area contributed by atoms with Crippen LogP contribution in [0.2, 0.25) is 0 Å². The number of aromatic nitrogens is 1. The summed E-state index contributed by atoms with van der Waals surface area (Å²) in [6.07, 6.45) is 6.42. The number of anilines is 2. The number of nitrogens with one attached hydrogen (secondary N) is 1. The number of hydrogen-bond acceptors (Lipinski definition) is 5. The summed E-state index contributed by atoms with van der Waals surface area (Å²) in [5.41, 5.74) is 5.92. The molecule has 0 unspecified atom stereocenters. The molecule has 1 aliphatic carbocycles. The number of carboxylic acid groups (broad SMARTS) is 1. The third-order valence-electron chi connectivity index (χ3n) is 7.60. The van der Waals surface area contributed by atoms with Crippen LogP contribution in [0.1, 0.15) is 83.7 Å². The molecular weight excluding hydrogens is 518 g/mol. The van der Waals surface area contributed by atoms with Gasteiger partial charge in [0.05, 0.1) is 11.3 Å². The Morgan fingerprint density at radius 3 is 2.20 bits per heavy atom. The predicted octanol–water partition coefficient (Wildman–Crippen LogP) is 8.22. The Bertz CT molecular complexity index is 1440. The number of hydrogen-bond donors (Lipinski definition) is 2. The number of thiazole rings is 1. The fourth-order valence-electron chi connectivity index (χ4n) is 5.22. The van der Waals surface area contributed by atoms with Crippen molar-refractivity contribution in [1.29, 1.82) is 0 Å². The SMILES string of the molecule is CC(C)N(Cc1ccc(C(=O)O)cc1)c1nc(-c2ccc(NC(=O)c3ccc(C4CCCCC4)cc3)cc2)cs1. The molecule has 0 atom stereocenters. The zero-order valence-corrected chi connectivity index (χ0v) is 23.8. The number of carboxylic acids is 1. The topological polar surface area (TPSA) is 82.5 Å². The molecule has 206 valence electrons. The second-order valence-electron chi connectivity index (χ2n) is 10.7. The van der Waals surface area contributed by atoms with Gasteiger partial charge in [0, 0.05) is 34.8 Å². The third kappa shape index (κ3) is 6.59. The summed E-state index contributed by atoms with van der Waals surface area (Å²) >= 11 is 1.58. The molecule has 3 aromatic carbocycles. The summed E-state index contributed by atoms with van der Waals surface area (Å²) in [5.74, 6) is -0.406. The zero-order valence-electron chi connectivity index (χ0n) is 23.0. The lowest BCUT2D eigenvalue weighted by Crippen LogP contribution is -2.30. The Hall–Kier alpha value is -3.97. The van der Waals surface area contributed by atoms with Crippen molar-refractivity contribution >= 4 is 34.0 Å². The van der Waals surface area contributed by atoms with Gasteiger partial charge in [-0.15, -0.1) is 11.3 Å². The van der Waals surface area contributed by atoms with Crippen molar-refractivity contribution in [2.24, 2.45) is 0 Å². The van der Waals surface area contributed by atoms with Crippen molar-refractivity contribution in [3.05, 3.63) is 100 Å². The van der Waals surface area contributed by atoms with Crippen LogP contribution < -0.4 is 10.2 Å². The molecule has 7 heteroatoms. The molecule has 1 fully saturated rings. The Kier molecular flexibility index (Phi) is 8.60. The van der Waals surface area contributed by atoms with E-state index in [0.717, 1.165) is 27.6 Å². The van der Waals surface area contributed by atoms with Crippen molar-refractivity contribution in [2.75, 3.05) is 10.2 Å². The Morgan fingerprint density at radius 2 is 1.57 bits per heavy atom. The molecule has 0 bridgehead atoms. The number of carbonyl (C=O) groups is 2. The first-order chi connectivity index (χ1) is 19.4. The second-order valence-corrected chi connectivity index (χ2v) is 11.6. The summed E-state index contributed by atoms with van der Waals surface area (Å²) < 4.78 is 0. The van der Waals surface area contributed by atoms with Gasteiger partial charge >= 0.3 is 5.97 Å². The zero-order chi connectivity index (χ0) is 28.1. The minimum Gasteiger partial charge on any atom is -0.478 e. The van der Waals surface area contributed by atoms with E-state index in [4.69, 9.17) is 10.1 Å². The Labute approximate surface area is 239 Å². The fraction of sp³-hybridized carbons (Fsp3) is 0.303. The van der Waals surface area contributed by atoms with Crippen LogP contribution in [0.5, 0.6) is 0 Å². The lowest BCUT2D eigenvalue weighted by molar-refractivity contribution is 0.0696. The van der Waals surface area contributed by atoms with E-state index in [9.17, 15) is 9.59 Å². The number of amides is 1. The monoisotopic (exact) mass is 553 g/mol. The van der Waals surface area contributed by atoms with E-state index in [1.807, 2.05) is 53.9 Å². The number of aromatic carboxylic acids is 1. The maximum atomic E-state index is 12.8. The summed E-state index contributed by atoms with van der Waals surface area (Å²) in [5, 5.41) is 15.1. The fourth-order valence-corrected chi connectivity index (χ4v) is 6.19. The number of nitrogens with zero attached hydrogens (tertiary/aromatic N) is 2. The van der Waals surface area contributed by atoms with Gasteiger partial charge in [0.25, 0.3) is 5.91 Å². The van der Waals surface area contributed by atoms with Gasteiger partial charge in [-0.3, -0.25) is 4.79 Å². The van der Waals surface area contributed by atoms with Crippen molar-refractivity contribution in [1.82, 2.24) is 4.98 Å². The number of benzene rings is 3. The highest BCUT2D eigenvalue weighted by atomic mass is 32.1. The average molecular weight is 554 g/mol. The first kappa shape index (κ1) is 27.6. The molecule has 40 heavy (non-hydrogen) atoms. The molecule has 0 spiro atoms. The highest BCUT2D eigenvalue weighted by Gasteiger charge is 2.18. The van der Waals surface area contributed by atoms with Gasteiger partial charge in [0.2, 0.25) is 0 Å². The highest BCUT2D eigenvalue weighted by Crippen LogP contribution is 2.33. The molecular formula is C33H35N3O3S. The maximum Gasteiger partial charge on any atom is 0.335 e. The van der Waals surface area contributed by atoms with E-state index in [2.05, 4.69) is 36.2 Å². The van der Waals surface area contributed by atoms with Crippen LogP contribution in [0.15, 0.2) is 78.2 Å². The lowest BCUT2D eigenvalue weighted by atomic mass is 9.84. The summed E-state index contributed by atoms with van der Waals surface area (Å²) in [4.78, 5) is 31.1. The van der Waals surface area contributed by atoms with Gasteiger partial charge < -0.3 is 15.3 Å². The van der Waals surface area contributed by atoms with Gasteiger partial charge in [-0.2, -0.15) is 0 Å². The highest BCUT2D eigenvalue weighted by molar-refractivity contribution is 7.14. The molecule has 1 saturated carbocycles. The first-order valence-electron chi connectivity index (χ1n) is 13.9. The molecule has 6 nitrogen and oxygen atoms in total. The van der Waals surface area contributed by atoms with Gasteiger partial charge in [0.1, 0.15) is 0 Å². The molecule has 0 saturated heterocycles. The molecule has 4 aromatic rings. The van der Waals surface area contributed by atoms with E-state index in [1.165, 1.54) is 37.7 Å². The van der Waals surface area contributed by atoms with Crippen molar-refractivity contribution in [2.45, 2.75) is 64.5 Å². The second kappa shape index (κ2) is 12.5. The molecule has 1 amide bonds. The molecule has 5 rings (SSSR count). The van der Waals surface area contributed by atoms with E-state index >= 15 is 0 Å². The van der Waals surface area contributed by atoms with E-state index in [0.29, 0.717) is 18.0 Å². The lowest BCUT2D eigenvalue weighted by Gasteiger charge is -2.26. The summed E-state index contributed by atoms with van der Waals surface area (Å²) in [7, 11) is 0. The molecule has 1 aliphatic rings. The Balaban J connectivity index is 1.22. The summed E-state index contributed by atoms with van der Waals surface area (Å²) in [6.45, 7) is 4.87. The Morgan fingerprint density at radius 1 is 0.925 bits per heavy atom. The normalized spacial score (nSPS) is 13.8. The van der Waals surface area contributed by atoms with Crippen LogP contribution in [-0.4, -0.2) is 28.0 Å². The van der Waals surface area contributed by atoms with Gasteiger partial charge in [0.15, 0.2) is 5.13 Å². The summed E-state index contributed by atoms with van der Waals surface area (Å²) in [6, 6.07) is 23.1. The van der Waals surface area contributed by atoms with E-state index < -0.39 is 5.97 Å². The van der Waals surface area contributed by atoms with Crippen molar-refractivity contribution in [3.63, 3.8) is 0 Å². The van der Waals surface area contributed by atoms with Crippen LogP contribution in [-0.2, 0) is 6.54 Å². The minimum absolute atomic E-state index is 0.108. The minimum atomic E-state index is -0.925. The van der Waals surface area contributed by atoms with Crippen LogP contribution >= 0.6 is 11.3 Å². The molecule has 1 aromatic heterocycles. The molecule has 0 aliphatic heterocycles. The van der Waals surface area contributed by atoms with Crippen LogP contribution in [0.25, 0.3) is 11.3 Å². The van der Waals surface area contributed by atoms with Gasteiger partial charge in [-0.25, -0.2) is 9.78 Å². The van der Waals surface area contributed by atoms with Crippen molar-refractivity contribution < 1.29 is 14.7 Å². The van der Waals surface area contributed by atoms with Gasteiger partial charge in [-0.05, 0) is 80.1 Å².